The van der Waals surface area contributed by atoms with Gasteiger partial charge in [0.2, 0.25) is 15.9 Å². The van der Waals surface area contributed by atoms with Crippen LogP contribution in [0.1, 0.15) is 19.3 Å². The number of rotatable bonds is 6. The molecule has 6 nitrogen and oxygen atoms in total. The number of hydrogen-bond acceptors (Lipinski definition) is 4. The van der Waals surface area contributed by atoms with Crippen LogP contribution in [-0.4, -0.2) is 26.9 Å². The van der Waals surface area contributed by atoms with E-state index in [1.807, 2.05) is 0 Å². The van der Waals surface area contributed by atoms with E-state index in [9.17, 15) is 17.6 Å². The summed E-state index contributed by atoms with van der Waals surface area (Å²) in [4.78, 5) is 10.9. The molecule has 8 heteroatoms. The zero-order chi connectivity index (χ0) is 14.8. The lowest BCUT2D eigenvalue weighted by Gasteiger charge is -2.08. The third kappa shape index (κ3) is 3.91. The topological polar surface area (TPSA) is 101 Å². The van der Waals surface area contributed by atoms with Crippen molar-refractivity contribution in [3.05, 3.63) is 24.0 Å². The van der Waals surface area contributed by atoms with Crippen molar-refractivity contribution in [1.82, 2.24) is 10.0 Å². The number of sulfonamides is 1. The number of halogens is 1. The molecule has 1 amide bonds. The number of nitrogen functional groups attached to an aromatic ring is 1. The number of benzene rings is 1. The third-order valence-corrected chi connectivity index (χ3v) is 4.31. The van der Waals surface area contributed by atoms with Gasteiger partial charge in [-0.15, -0.1) is 0 Å². The smallest absolute Gasteiger partial charge is 0.243 e. The van der Waals surface area contributed by atoms with Crippen LogP contribution < -0.4 is 15.8 Å². The van der Waals surface area contributed by atoms with Gasteiger partial charge in [0.05, 0.1) is 0 Å². The maximum absolute atomic E-state index is 13.5. The van der Waals surface area contributed by atoms with Crippen molar-refractivity contribution < 1.29 is 17.6 Å². The summed E-state index contributed by atoms with van der Waals surface area (Å²) in [7, 11) is -4.01. The number of carbonyl (C=O) groups excluding carboxylic acids is 1. The molecule has 1 aromatic rings. The standard InChI is InChI=1S/C12H16FN3O3S/c13-10-4-1-8(14)7-11(10)20(18,19)15-6-5-12(17)16-9-2-3-9/h1,4,7,9,15H,2-3,5-6,14H2,(H,16,17). The van der Waals surface area contributed by atoms with Gasteiger partial charge in [0, 0.05) is 24.7 Å². The number of hydrogen-bond donors (Lipinski definition) is 3. The van der Waals surface area contributed by atoms with Crippen LogP contribution in [0.5, 0.6) is 0 Å². The second kappa shape index (κ2) is 5.76. The number of nitrogens with one attached hydrogen (secondary N) is 2. The van der Waals surface area contributed by atoms with Crippen LogP contribution in [0.2, 0.25) is 0 Å². The summed E-state index contributed by atoms with van der Waals surface area (Å²) in [6, 6.07) is 3.54. The molecular formula is C12H16FN3O3S. The molecule has 1 fully saturated rings. The number of carbonyl (C=O) groups is 1. The summed E-state index contributed by atoms with van der Waals surface area (Å²) in [6.07, 6.45) is 1.94. The van der Waals surface area contributed by atoms with Gasteiger partial charge in [0.1, 0.15) is 10.7 Å². The van der Waals surface area contributed by atoms with E-state index in [0.29, 0.717) is 0 Å². The summed E-state index contributed by atoms with van der Waals surface area (Å²) in [6.45, 7) is -0.0882. The molecule has 0 saturated heterocycles. The van der Waals surface area contributed by atoms with Gasteiger partial charge in [-0.3, -0.25) is 4.79 Å². The Labute approximate surface area is 116 Å². The van der Waals surface area contributed by atoms with Crippen molar-refractivity contribution in [2.24, 2.45) is 0 Å². The third-order valence-electron chi connectivity index (χ3n) is 2.83. The molecule has 0 bridgehead atoms. The summed E-state index contributed by atoms with van der Waals surface area (Å²) in [5.41, 5.74) is 5.59. The fourth-order valence-electron chi connectivity index (χ4n) is 1.63. The summed E-state index contributed by atoms with van der Waals surface area (Å²) in [5.74, 6) is -1.10. The molecule has 110 valence electrons. The minimum absolute atomic E-state index is 0.0136. The Kier molecular flexibility index (Phi) is 4.24. The van der Waals surface area contributed by atoms with Crippen LogP contribution in [0.3, 0.4) is 0 Å². The molecule has 2 rings (SSSR count). The van der Waals surface area contributed by atoms with Gasteiger partial charge in [-0.25, -0.2) is 17.5 Å². The molecule has 1 aliphatic rings. The zero-order valence-corrected chi connectivity index (χ0v) is 11.5. The zero-order valence-electron chi connectivity index (χ0n) is 10.7. The second-order valence-electron chi connectivity index (χ2n) is 4.68. The van der Waals surface area contributed by atoms with Crippen molar-refractivity contribution in [2.75, 3.05) is 12.3 Å². The van der Waals surface area contributed by atoms with Crippen LogP contribution in [-0.2, 0) is 14.8 Å². The highest BCUT2D eigenvalue weighted by Gasteiger charge is 2.23. The Bertz CT molecular complexity index is 614. The van der Waals surface area contributed by atoms with Crippen molar-refractivity contribution >= 4 is 21.6 Å². The summed E-state index contributed by atoms with van der Waals surface area (Å²) >= 11 is 0. The lowest BCUT2D eigenvalue weighted by atomic mass is 10.3. The molecule has 20 heavy (non-hydrogen) atoms. The van der Waals surface area contributed by atoms with E-state index in [1.165, 1.54) is 6.07 Å². The molecule has 0 heterocycles. The first kappa shape index (κ1) is 14.7. The molecule has 0 aromatic heterocycles. The van der Waals surface area contributed by atoms with E-state index in [0.717, 1.165) is 25.0 Å². The van der Waals surface area contributed by atoms with Crippen molar-refractivity contribution in [3.63, 3.8) is 0 Å². The van der Waals surface area contributed by atoms with Crippen LogP contribution in [0.4, 0.5) is 10.1 Å². The molecule has 1 aromatic carbocycles. The maximum Gasteiger partial charge on any atom is 0.243 e. The highest BCUT2D eigenvalue weighted by Crippen LogP contribution is 2.19. The quantitative estimate of drug-likeness (QED) is 0.660. The van der Waals surface area contributed by atoms with Crippen molar-refractivity contribution in [1.29, 1.82) is 0 Å². The van der Waals surface area contributed by atoms with Crippen LogP contribution in [0.15, 0.2) is 23.1 Å². The molecule has 4 N–H and O–H groups in total. The predicted molar refractivity (Wildman–Crippen MR) is 71.8 cm³/mol. The van der Waals surface area contributed by atoms with E-state index in [4.69, 9.17) is 5.73 Å². The first-order valence-electron chi connectivity index (χ1n) is 6.22. The number of anilines is 1. The van der Waals surface area contributed by atoms with E-state index in [1.54, 1.807) is 0 Å². The molecule has 1 saturated carbocycles. The molecule has 0 radical (unpaired) electrons. The van der Waals surface area contributed by atoms with Gasteiger partial charge in [-0.05, 0) is 31.0 Å². The first-order valence-corrected chi connectivity index (χ1v) is 7.71. The fourth-order valence-corrected chi connectivity index (χ4v) is 2.77. The van der Waals surface area contributed by atoms with Crippen LogP contribution in [0, 0.1) is 5.82 Å². The molecule has 0 spiro atoms. The Morgan fingerprint density at radius 2 is 2.10 bits per heavy atom. The first-order chi connectivity index (χ1) is 9.38. The lowest BCUT2D eigenvalue weighted by Crippen LogP contribution is -2.32. The summed E-state index contributed by atoms with van der Waals surface area (Å²) < 4.78 is 39.4. The van der Waals surface area contributed by atoms with Crippen LogP contribution >= 0.6 is 0 Å². The van der Waals surface area contributed by atoms with E-state index in [-0.39, 0.29) is 30.6 Å². The molecule has 0 unspecified atom stereocenters. The minimum Gasteiger partial charge on any atom is -0.399 e. The van der Waals surface area contributed by atoms with Gasteiger partial charge in [0.15, 0.2) is 0 Å². The molecular weight excluding hydrogens is 285 g/mol. The average molecular weight is 301 g/mol. The predicted octanol–water partition coefficient (Wildman–Crippen LogP) is 0.355. The highest BCUT2D eigenvalue weighted by molar-refractivity contribution is 7.89. The lowest BCUT2D eigenvalue weighted by molar-refractivity contribution is -0.121. The van der Waals surface area contributed by atoms with Gasteiger partial charge in [-0.1, -0.05) is 0 Å². The summed E-state index contributed by atoms with van der Waals surface area (Å²) in [5, 5.41) is 2.73. The van der Waals surface area contributed by atoms with E-state index >= 15 is 0 Å². The monoisotopic (exact) mass is 301 g/mol. The molecule has 1 aliphatic carbocycles. The number of nitrogens with two attached hydrogens (primary N) is 1. The van der Waals surface area contributed by atoms with Crippen molar-refractivity contribution in [3.8, 4) is 0 Å². The second-order valence-corrected chi connectivity index (χ2v) is 6.41. The normalized spacial score (nSPS) is 15.1. The van der Waals surface area contributed by atoms with Crippen LogP contribution in [0.25, 0.3) is 0 Å². The minimum atomic E-state index is -4.01. The molecule has 0 aliphatic heterocycles. The largest absolute Gasteiger partial charge is 0.399 e. The van der Waals surface area contributed by atoms with Gasteiger partial charge < -0.3 is 11.1 Å². The van der Waals surface area contributed by atoms with Crippen molar-refractivity contribution in [2.45, 2.75) is 30.2 Å². The Balaban J connectivity index is 1.93. The maximum atomic E-state index is 13.5. The van der Waals surface area contributed by atoms with Gasteiger partial charge in [-0.2, -0.15) is 0 Å². The van der Waals surface area contributed by atoms with E-state index < -0.39 is 20.7 Å². The average Bonchev–Trinajstić information content (AvgIpc) is 3.15. The Hall–Kier alpha value is -1.67. The Morgan fingerprint density at radius 3 is 2.75 bits per heavy atom. The Morgan fingerprint density at radius 1 is 1.40 bits per heavy atom. The van der Waals surface area contributed by atoms with E-state index in [2.05, 4.69) is 10.0 Å². The molecule has 0 atom stereocenters. The SMILES string of the molecule is Nc1ccc(F)c(S(=O)(=O)NCCC(=O)NC2CC2)c1. The van der Waals surface area contributed by atoms with Gasteiger partial charge >= 0.3 is 0 Å². The highest BCUT2D eigenvalue weighted by atomic mass is 32.2. The fraction of sp³-hybridized carbons (Fsp3) is 0.417. The van der Waals surface area contributed by atoms with Gasteiger partial charge in [0.25, 0.3) is 0 Å². The number of amides is 1.